The Kier molecular flexibility index (Phi) is 9.53. The highest BCUT2D eigenvalue weighted by Gasteiger charge is 2.14. The zero-order valence-corrected chi connectivity index (χ0v) is 17.7. The average Bonchev–Trinajstić information content (AvgIpc) is 2.65. The van der Waals surface area contributed by atoms with Gasteiger partial charge in [-0.1, -0.05) is 105 Å². The van der Waals surface area contributed by atoms with Crippen molar-refractivity contribution in [3.05, 3.63) is 132 Å². The van der Waals surface area contributed by atoms with Crippen molar-refractivity contribution in [1.29, 1.82) is 0 Å². The van der Waals surface area contributed by atoms with Crippen LogP contribution in [0.25, 0.3) is 0 Å². The van der Waals surface area contributed by atoms with Crippen molar-refractivity contribution in [3.8, 4) is 0 Å². The lowest BCUT2D eigenvalue weighted by molar-refractivity contribution is 1.15. The van der Waals surface area contributed by atoms with Crippen LogP contribution in [0.5, 0.6) is 0 Å². The second-order valence-electron chi connectivity index (χ2n) is 6.20. The summed E-state index contributed by atoms with van der Waals surface area (Å²) in [7, 11) is 0. The summed E-state index contributed by atoms with van der Waals surface area (Å²) in [6, 6.07) is 0. The number of amidine groups is 1. The molecule has 0 bridgehead atoms. The lowest BCUT2D eigenvalue weighted by Crippen LogP contribution is -2.14. The van der Waals surface area contributed by atoms with Crippen molar-refractivity contribution in [2.45, 2.75) is 13.3 Å². The molecule has 2 rings (SSSR count). The molecular weight excluding hydrogens is 372 g/mol. The summed E-state index contributed by atoms with van der Waals surface area (Å²) in [5.41, 5.74) is 9.92. The van der Waals surface area contributed by atoms with Crippen molar-refractivity contribution in [2.24, 2.45) is 10.7 Å². The quantitative estimate of drug-likeness (QED) is 0.214. The first-order valence-electron chi connectivity index (χ1n) is 9.61. The van der Waals surface area contributed by atoms with Gasteiger partial charge in [0.15, 0.2) is 0 Å². The fourth-order valence-electron chi connectivity index (χ4n) is 2.74. The van der Waals surface area contributed by atoms with Crippen molar-refractivity contribution >= 4 is 17.6 Å². The van der Waals surface area contributed by atoms with Gasteiger partial charge in [-0.3, -0.25) is 0 Å². The summed E-state index contributed by atoms with van der Waals surface area (Å²) < 4.78 is 0. The lowest BCUT2D eigenvalue weighted by Gasteiger charge is -2.16. The van der Waals surface area contributed by atoms with Crippen molar-refractivity contribution in [1.82, 2.24) is 0 Å². The molecule has 0 saturated heterocycles. The van der Waals surface area contributed by atoms with Crippen molar-refractivity contribution in [3.63, 3.8) is 0 Å². The van der Waals surface area contributed by atoms with Gasteiger partial charge in [0.05, 0.1) is 5.70 Å². The van der Waals surface area contributed by atoms with E-state index in [4.69, 9.17) is 5.73 Å². The summed E-state index contributed by atoms with van der Waals surface area (Å²) in [5.74, 6) is 1.27. The van der Waals surface area contributed by atoms with E-state index in [-0.39, 0.29) is 0 Å². The third kappa shape index (κ3) is 7.13. The standard InChI is InChI=1S/C26H28N2S/c1-4-20-29-24(5-2)25(22-16-12-8-6-9-13-17-22)21(3)28-26(27)23-18-14-10-7-11-15-19-23/h4,6-19H,1,3,5,20H2,2H3,(H2,27,28)/b8-6-,9-6?,10-7-,11-7?,12-8?,13-9-,14-10?,15-11-,16-12-,17-13?,18-14-,19-15?,22-16?,22-17+,23-18?,23-19+,25-24-. The maximum absolute atomic E-state index is 6.34. The number of thioether (sulfide) groups is 1. The van der Waals surface area contributed by atoms with Crippen LogP contribution >= 0.6 is 11.8 Å². The molecule has 2 nitrogen and oxygen atoms in total. The van der Waals surface area contributed by atoms with Crippen molar-refractivity contribution in [2.75, 3.05) is 5.75 Å². The molecule has 2 aliphatic rings. The molecule has 0 saturated carbocycles. The van der Waals surface area contributed by atoms with Gasteiger partial charge in [0, 0.05) is 16.9 Å². The van der Waals surface area contributed by atoms with E-state index in [1.54, 1.807) is 11.8 Å². The number of allylic oxidation sites excluding steroid dienone is 15. The summed E-state index contributed by atoms with van der Waals surface area (Å²) in [5, 5.41) is 0. The molecule has 0 unspecified atom stereocenters. The first kappa shape index (κ1) is 22.3. The van der Waals surface area contributed by atoms with Crippen LogP contribution in [0.2, 0.25) is 0 Å². The highest BCUT2D eigenvalue weighted by atomic mass is 32.2. The smallest absolute Gasteiger partial charge is 0.131 e. The summed E-state index contributed by atoms with van der Waals surface area (Å²) in [4.78, 5) is 5.90. The van der Waals surface area contributed by atoms with Gasteiger partial charge < -0.3 is 5.73 Å². The minimum Gasteiger partial charge on any atom is -0.383 e. The van der Waals surface area contributed by atoms with Crippen LogP contribution in [0.1, 0.15) is 13.3 Å². The van der Waals surface area contributed by atoms with E-state index in [9.17, 15) is 0 Å². The number of rotatable bonds is 8. The molecule has 0 atom stereocenters. The van der Waals surface area contributed by atoms with Crippen LogP contribution in [0, 0.1) is 0 Å². The molecular formula is C26H28N2S. The van der Waals surface area contributed by atoms with Crippen molar-refractivity contribution < 1.29 is 0 Å². The van der Waals surface area contributed by atoms with Gasteiger partial charge in [-0.05, 0) is 16.9 Å². The van der Waals surface area contributed by atoms with Crippen LogP contribution < -0.4 is 5.73 Å². The highest BCUT2D eigenvalue weighted by Crippen LogP contribution is 2.33. The molecule has 2 aliphatic carbocycles. The molecule has 0 aromatic rings. The van der Waals surface area contributed by atoms with E-state index >= 15 is 0 Å². The Balaban J connectivity index is 2.48. The first-order chi connectivity index (χ1) is 14.2. The van der Waals surface area contributed by atoms with Gasteiger partial charge in [0.25, 0.3) is 0 Å². The van der Waals surface area contributed by atoms with Crippen LogP contribution in [-0.2, 0) is 0 Å². The highest BCUT2D eigenvalue weighted by molar-refractivity contribution is 8.03. The molecule has 3 heteroatoms. The van der Waals surface area contributed by atoms with Gasteiger partial charge in [-0.2, -0.15) is 0 Å². The third-order valence-electron chi connectivity index (χ3n) is 4.10. The molecule has 0 heterocycles. The van der Waals surface area contributed by atoms with E-state index in [1.807, 2.05) is 79.0 Å². The fourth-order valence-corrected chi connectivity index (χ4v) is 3.64. The molecule has 0 amide bonds. The van der Waals surface area contributed by atoms with Gasteiger partial charge in [0.2, 0.25) is 0 Å². The molecule has 29 heavy (non-hydrogen) atoms. The SMILES string of the molecule is C=CCS\C(CC)=C(C(=C)N=C(N)C1=C/C=C\C=C/C=C\1)/C1=C/C=C\C=C/C=C\1. The number of nitrogens with two attached hydrogens (primary N) is 1. The van der Waals surface area contributed by atoms with Crippen LogP contribution in [0.15, 0.2) is 137 Å². The Morgan fingerprint density at radius 2 is 1.48 bits per heavy atom. The molecule has 0 aromatic heterocycles. The zero-order chi connectivity index (χ0) is 20.9. The Labute approximate surface area is 179 Å². The predicted octanol–water partition coefficient (Wildman–Crippen LogP) is 6.66. The maximum Gasteiger partial charge on any atom is 0.131 e. The van der Waals surface area contributed by atoms with Gasteiger partial charge in [-0.25, -0.2) is 4.99 Å². The topological polar surface area (TPSA) is 38.4 Å². The second kappa shape index (κ2) is 12.4. The molecule has 0 radical (unpaired) electrons. The first-order valence-corrected chi connectivity index (χ1v) is 10.6. The molecule has 0 aliphatic heterocycles. The Morgan fingerprint density at radius 1 is 0.931 bits per heavy atom. The van der Waals surface area contributed by atoms with Gasteiger partial charge in [0.1, 0.15) is 5.84 Å². The largest absolute Gasteiger partial charge is 0.383 e. The molecule has 0 fully saturated rings. The predicted molar refractivity (Wildman–Crippen MR) is 132 cm³/mol. The normalized spacial score (nSPS) is 27.1. The minimum absolute atomic E-state index is 0.443. The Morgan fingerprint density at radius 3 is 2.10 bits per heavy atom. The second-order valence-corrected chi connectivity index (χ2v) is 7.31. The fraction of sp³-hybridized carbons (Fsp3) is 0.115. The molecule has 2 N–H and O–H groups in total. The average molecular weight is 401 g/mol. The number of nitrogens with zero attached hydrogens (tertiary/aromatic N) is 1. The van der Waals surface area contributed by atoms with E-state index in [1.165, 1.54) is 4.91 Å². The molecule has 0 aromatic carbocycles. The minimum atomic E-state index is 0.443. The summed E-state index contributed by atoms with van der Waals surface area (Å²) >= 11 is 1.76. The van der Waals surface area contributed by atoms with E-state index < -0.39 is 0 Å². The number of hydrogen-bond donors (Lipinski definition) is 1. The van der Waals surface area contributed by atoms with Crippen LogP contribution in [-0.4, -0.2) is 11.6 Å². The number of aliphatic imine (C=N–C) groups is 1. The van der Waals surface area contributed by atoms with Crippen LogP contribution in [0.4, 0.5) is 0 Å². The van der Waals surface area contributed by atoms with Gasteiger partial charge in [-0.15, -0.1) is 18.3 Å². The molecule has 148 valence electrons. The third-order valence-corrected chi connectivity index (χ3v) is 5.34. The van der Waals surface area contributed by atoms with Gasteiger partial charge >= 0.3 is 0 Å². The Bertz CT molecular complexity index is 926. The van der Waals surface area contributed by atoms with E-state index in [0.717, 1.165) is 28.9 Å². The summed E-state index contributed by atoms with van der Waals surface area (Å²) in [6.07, 6.45) is 30.7. The Hall–Kier alpha value is -3.04. The van der Waals surface area contributed by atoms with E-state index in [0.29, 0.717) is 11.5 Å². The lowest BCUT2D eigenvalue weighted by atomic mass is 10.00. The summed E-state index contributed by atoms with van der Waals surface area (Å²) in [6.45, 7) is 10.3. The van der Waals surface area contributed by atoms with Crippen LogP contribution in [0.3, 0.4) is 0 Å². The molecule has 0 spiro atoms. The monoisotopic (exact) mass is 400 g/mol. The maximum atomic E-state index is 6.34. The van der Waals surface area contributed by atoms with E-state index in [2.05, 4.69) is 37.2 Å². The zero-order valence-electron chi connectivity index (χ0n) is 16.9. The number of hydrogen-bond acceptors (Lipinski definition) is 2.